The zero-order valence-corrected chi connectivity index (χ0v) is 13.6. The highest BCUT2D eigenvalue weighted by Crippen LogP contribution is 2.24. The summed E-state index contributed by atoms with van der Waals surface area (Å²) in [5.41, 5.74) is 0.586. The molecular formula is C15H13ClF3N3O3. The van der Waals surface area contributed by atoms with Crippen molar-refractivity contribution in [3.8, 4) is 5.75 Å². The fourth-order valence-electron chi connectivity index (χ4n) is 1.98. The first kappa shape index (κ1) is 18.9. The zero-order chi connectivity index (χ0) is 18.4. The first-order chi connectivity index (χ1) is 11.8. The van der Waals surface area contributed by atoms with Gasteiger partial charge in [-0.15, -0.1) is 13.2 Å². The molecule has 2 rings (SSSR count). The highest BCUT2D eigenvalue weighted by atomic mass is 35.5. The summed E-state index contributed by atoms with van der Waals surface area (Å²) >= 11 is 5.71. The first-order valence-electron chi connectivity index (χ1n) is 6.91. The van der Waals surface area contributed by atoms with Gasteiger partial charge in [0, 0.05) is 13.2 Å². The van der Waals surface area contributed by atoms with Crippen molar-refractivity contribution in [1.82, 2.24) is 15.3 Å². The largest absolute Gasteiger partial charge is 0.573 e. The Balaban J connectivity index is 2.13. The lowest BCUT2D eigenvalue weighted by atomic mass is 10.1. The number of methoxy groups -OCH3 is 1. The number of halogens is 4. The van der Waals surface area contributed by atoms with Crippen molar-refractivity contribution in [1.29, 1.82) is 0 Å². The normalized spacial score (nSPS) is 12.5. The molecule has 1 N–H and O–H groups in total. The Morgan fingerprint density at radius 3 is 2.52 bits per heavy atom. The number of nitrogens with zero attached hydrogens (tertiary/aromatic N) is 2. The molecule has 0 saturated heterocycles. The molecule has 2 aromatic rings. The fraction of sp³-hybridized carbons (Fsp3) is 0.267. The van der Waals surface area contributed by atoms with Gasteiger partial charge in [0.25, 0.3) is 5.91 Å². The van der Waals surface area contributed by atoms with E-state index < -0.39 is 18.3 Å². The summed E-state index contributed by atoms with van der Waals surface area (Å²) < 4.78 is 45.4. The molecule has 1 unspecified atom stereocenters. The van der Waals surface area contributed by atoms with Gasteiger partial charge in [-0.1, -0.05) is 23.7 Å². The minimum absolute atomic E-state index is 0.0538. The molecule has 0 aliphatic heterocycles. The van der Waals surface area contributed by atoms with Crippen LogP contribution in [-0.2, 0) is 4.74 Å². The van der Waals surface area contributed by atoms with Crippen LogP contribution in [-0.4, -0.2) is 36.0 Å². The van der Waals surface area contributed by atoms with Gasteiger partial charge in [0.15, 0.2) is 0 Å². The molecule has 0 spiro atoms. The number of carbonyl (C=O) groups excluding carboxylic acids is 1. The molecule has 0 aliphatic rings. The third-order valence-electron chi connectivity index (χ3n) is 3.02. The minimum atomic E-state index is -4.77. The summed E-state index contributed by atoms with van der Waals surface area (Å²) in [6.45, 7) is 0.101. The molecule has 25 heavy (non-hydrogen) atoms. The van der Waals surface area contributed by atoms with Crippen LogP contribution in [0.3, 0.4) is 0 Å². The molecule has 1 aromatic carbocycles. The molecule has 0 aliphatic carbocycles. The van der Waals surface area contributed by atoms with E-state index in [0.29, 0.717) is 5.56 Å². The number of benzene rings is 1. The average molecular weight is 376 g/mol. The zero-order valence-electron chi connectivity index (χ0n) is 12.9. The van der Waals surface area contributed by atoms with E-state index >= 15 is 0 Å². The second-order valence-corrected chi connectivity index (χ2v) is 5.21. The van der Waals surface area contributed by atoms with E-state index in [4.69, 9.17) is 16.3 Å². The number of hydrogen-bond donors (Lipinski definition) is 1. The standard InChI is InChI=1S/C15H13ClF3N3O3/c1-24-7-12(22-14(23)11-6-13(16)21-8-20-11)9-2-4-10(5-3-9)25-15(17,18)19/h2-6,8,12H,7H2,1H3,(H,22,23). The molecule has 1 aromatic heterocycles. The van der Waals surface area contributed by atoms with Crippen LogP contribution >= 0.6 is 11.6 Å². The van der Waals surface area contributed by atoms with Crippen LogP contribution in [0.4, 0.5) is 13.2 Å². The summed E-state index contributed by atoms with van der Waals surface area (Å²) in [5, 5.41) is 2.78. The molecule has 1 atom stereocenters. The van der Waals surface area contributed by atoms with Gasteiger partial charge in [0.05, 0.1) is 12.6 Å². The van der Waals surface area contributed by atoms with Gasteiger partial charge >= 0.3 is 6.36 Å². The number of alkyl halides is 3. The van der Waals surface area contributed by atoms with E-state index in [1.54, 1.807) is 0 Å². The van der Waals surface area contributed by atoms with Gasteiger partial charge in [0.2, 0.25) is 0 Å². The van der Waals surface area contributed by atoms with Crippen LogP contribution in [0.15, 0.2) is 36.7 Å². The molecule has 6 nitrogen and oxygen atoms in total. The second-order valence-electron chi connectivity index (χ2n) is 4.82. The maximum Gasteiger partial charge on any atom is 0.573 e. The molecule has 1 heterocycles. The van der Waals surface area contributed by atoms with Gasteiger partial charge in [-0.2, -0.15) is 0 Å². The van der Waals surface area contributed by atoms with E-state index in [9.17, 15) is 18.0 Å². The van der Waals surface area contributed by atoms with Crippen molar-refractivity contribution in [2.45, 2.75) is 12.4 Å². The Morgan fingerprint density at radius 2 is 1.96 bits per heavy atom. The van der Waals surface area contributed by atoms with E-state index in [0.717, 1.165) is 18.5 Å². The number of nitrogens with one attached hydrogen (secondary N) is 1. The maximum absolute atomic E-state index is 12.2. The Labute approximate surface area is 145 Å². The summed E-state index contributed by atoms with van der Waals surface area (Å²) in [5.74, 6) is -0.886. The van der Waals surface area contributed by atoms with Crippen LogP contribution in [0.5, 0.6) is 5.75 Å². The summed E-state index contributed by atoms with van der Waals surface area (Å²) in [6, 6.07) is 5.79. The van der Waals surface area contributed by atoms with E-state index in [-0.39, 0.29) is 23.2 Å². The van der Waals surface area contributed by atoms with Crippen molar-refractivity contribution in [2.24, 2.45) is 0 Å². The lowest BCUT2D eigenvalue weighted by molar-refractivity contribution is -0.274. The van der Waals surface area contributed by atoms with Crippen LogP contribution in [0.25, 0.3) is 0 Å². The molecule has 10 heteroatoms. The van der Waals surface area contributed by atoms with Crippen molar-refractivity contribution >= 4 is 17.5 Å². The van der Waals surface area contributed by atoms with Crippen molar-refractivity contribution < 1.29 is 27.4 Å². The summed E-state index contributed by atoms with van der Waals surface area (Å²) in [4.78, 5) is 19.7. The number of rotatable bonds is 6. The van der Waals surface area contributed by atoms with Crippen LogP contribution in [0.1, 0.15) is 22.1 Å². The van der Waals surface area contributed by atoms with Crippen molar-refractivity contribution in [3.05, 3.63) is 53.1 Å². The van der Waals surface area contributed by atoms with Crippen LogP contribution < -0.4 is 10.1 Å². The summed E-state index contributed by atoms with van der Waals surface area (Å²) in [6.07, 6.45) is -3.63. The molecule has 1 amide bonds. The summed E-state index contributed by atoms with van der Waals surface area (Å²) in [7, 11) is 1.43. The lowest BCUT2D eigenvalue weighted by Crippen LogP contribution is -2.32. The molecular weight excluding hydrogens is 363 g/mol. The monoisotopic (exact) mass is 375 g/mol. The van der Waals surface area contributed by atoms with Gasteiger partial charge in [0.1, 0.15) is 22.9 Å². The second kappa shape index (κ2) is 8.13. The minimum Gasteiger partial charge on any atom is -0.406 e. The number of hydrogen-bond acceptors (Lipinski definition) is 5. The molecule has 0 saturated carbocycles. The third-order valence-corrected chi connectivity index (χ3v) is 3.23. The Hall–Kier alpha value is -2.39. The first-order valence-corrected chi connectivity index (χ1v) is 7.29. The average Bonchev–Trinajstić information content (AvgIpc) is 2.53. The van der Waals surface area contributed by atoms with E-state index in [1.165, 1.54) is 25.3 Å². The smallest absolute Gasteiger partial charge is 0.406 e. The Kier molecular flexibility index (Phi) is 6.16. The number of amides is 1. The lowest BCUT2D eigenvalue weighted by Gasteiger charge is -2.19. The number of ether oxygens (including phenoxy) is 2. The van der Waals surface area contributed by atoms with Gasteiger partial charge < -0.3 is 14.8 Å². The highest BCUT2D eigenvalue weighted by Gasteiger charge is 2.31. The van der Waals surface area contributed by atoms with Crippen molar-refractivity contribution in [2.75, 3.05) is 13.7 Å². The predicted molar refractivity (Wildman–Crippen MR) is 82.3 cm³/mol. The van der Waals surface area contributed by atoms with Gasteiger partial charge in [-0.25, -0.2) is 9.97 Å². The predicted octanol–water partition coefficient (Wildman–Crippen LogP) is 3.15. The fourth-order valence-corrected chi connectivity index (χ4v) is 2.13. The van der Waals surface area contributed by atoms with Crippen LogP contribution in [0, 0.1) is 0 Å². The molecule has 0 bridgehead atoms. The van der Waals surface area contributed by atoms with E-state index in [2.05, 4.69) is 20.0 Å². The highest BCUT2D eigenvalue weighted by molar-refractivity contribution is 6.29. The van der Waals surface area contributed by atoms with E-state index in [1.807, 2.05) is 0 Å². The van der Waals surface area contributed by atoms with Gasteiger partial charge in [-0.3, -0.25) is 4.79 Å². The topological polar surface area (TPSA) is 73.3 Å². The van der Waals surface area contributed by atoms with Crippen molar-refractivity contribution in [3.63, 3.8) is 0 Å². The van der Waals surface area contributed by atoms with Crippen LogP contribution in [0.2, 0.25) is 5.15 Å². The number of aromatic nitrogens is 2. The number of carbonyl (C=O) groups is 1. The maximum atomic E-state index is 12.2. The third kappa shape index (κ3) is 5.87. The molecule has 0 fully saturated rings. The Morgan fingerprint density at radius 1 is 1.28 bits per heavy atom. The quantitative estimate of drug-likeness (QED) is 0.785. The SMILES string of the molecule is COCC(NC(=O)c1cc(Cl)ncn1)c1ccc(OC(F)(F)F)cc1. The molecule has 134 valence electrons. The Bertz CT molecular complexity index is 726. The molecule has 0 radical (unpaired) electrons. The van der Waals surface area contributed by atoms with Gasteiger partial charge in [-0.05, 0) is 17.7 Å².